The number of ether oxygens (including phenoxy) is 1. The zero-order chi connectivity index (χ0) is 19.4. The van der Waals surface area contributed by atoms with Crippen molar-refractivity contribution in [2.75, 3.05) is 19.8 Å². The largest absolute Gasteiger partial charge is 0.481 e. The van der Waals surface area contributed by atoms with Crippen LogP contribution in [0.2, 0.25) is 0 Å². The van der Waals surface area contributed by atoms with Gasteiger partial charge in [0.2, 0.25) is 10.0 Å². The summed E-state index contributed by atoms with van der Waals surface area (Å²) in [5.74, 6) is 3.98. The first-order valence-corrected chi connectivity index (χ1v) is 9.40. The SMILES string of the molecule is CC1(O)CCCN(S(=O)(=O)c2ccc(OCC#CCO)cc2)C1C(=O)O. The number of carbonyl (C=O) groups is 1. The van der Waals surface area contributed by atoms with Gasteiger partial charge >= 0.3 is 5.97 Å². The molecule has 0 amide bonds. The third kappa shape index (κ3) is 4.34. The first-order chi connectivity index (χ1) is 12.2. The van der Waals surface area contributed by atoms with Crippen molar-refractivity contribution in [1.29, 1.82) is 0 Å². The Balaban J connectivity index is 2.24. The normalized spacial score (nSPS) is 23.7. The average molecular weight is 383 g/mol. The van der Waals surface area contributed by atoms with Gasteiger partial charge in [-0.05, 0) is 44.0 Å². The first-order valence-electron chi connectivity index (χ1n) is 7.96. The maximum absolute atomic E-state index is 12.9. The van der Waals surface area contributed by atoms with E-state index in [1.807, 2.05) is 0 Å². The third-order valence-corrected chi connectivity index (χ3v) is 6.00. The van der Waals surface area contributed by atoms with Crippen molar-refractivity contribution < 1.29 is 33.3 Å². The summed E-state index contributed by atoms with van der Waals surface area (Å²) >= 11 is 0. The van der Waals surface area contributed by atoms with Crippen LogP contribution in [0.4, 0.5) is 0 Å². The summed E-state index contributed by atoms with van der Waals surface area (Å²) in [5, 5.41) is 28.3. The van der Waals surface area contributed by atoms with Crippen molar-refractivity contribution in [2.45, 2.75) is 36.3 Å². The molecule has 1 aromatic rings. The van der Waals surface area contributed by atoms with Crippen molar-refractivity contribution in [2.24, 2.45) is 0 Å². The van der Waals surface area contributed by atoms with Crippen LogP contribution in [0.3, 0.4) is 0 Å². The van der Waals surface area contributed by atoms with Crippen LogP contribution in [0.15, 0.2) is 29.2 Å². The molecule has 0 saturated carbocycles. The van der Waals surface area contributed by atoms with Crippen LogP contribution < -0.4 is 4.74 Å². The molecule has 2 rings (SSSR count). The van der Waals surface area contributed by atoms with Crippen LogP contribution in [-0.4, -0.2) is 65.4 Å². The van der Waals surface area contributed by atoms with E-state index in [4.69, 9.17) is 9.84 Å². The van der Waals surface area contributed by atoms with E-state index in [1.54, 1.807) is 0 Å². The molecule has 9 heteroatoms. The summed E-state index contributed by atoms with van der Waals surface area (Å²) < 4.78 is 31.8. The van der Waals surface area contributed by atoms with Gasteiger partial charge in [0, 0.05) is 6.54 Å². The molecule has 1 aliphatic rings. The number of rotatable bonds is 5. The molecule has 26 heavy (non-hydrogen) atoms. The second kappa shape index (κ2) is 8.05. The second-order valence-electron chi connectivity index (χ2n) is 6.09. The van der Waals surface area contributed by atoms with Gasteiger partial charge in [-0.2, -0.15) is 4.31 Å². The number of aliphatic hydroxyl groups is 2. The lowest BCUT2D eigenvalue weighted by molar-refractivity contribution is -0.153. The van der Waals surface area contributed by atoms with Gasteiger partial charge in [0.1, 0.15) is 19.0 Å². The molecule has 2 unspecified atom stereocenters. The van der Waals surface area contributed by atoms with E-state index in [2.05, 4.69) is 11.8 Å². The van der Waals surface area contributed by atoms with E-state index in [1.165, 1.54) is 31.2 Å². The first kappa shape index (κ1) is 20.2. The van der Waals surface area contributed by atoms with Crippen LogP contribution in [0.25, 0.3) is 0 Å². The molecule has 0 aromatic heterocycles. The van der Waals surface area contributed by atoms with Crippen molar-refractivity contribution in [1.82, 2.24) is 4.31 Å². The van der Waals surface area contributed by atoms with Crippen molar-refractivity contribution in [3.63, 3.8) is 0 Å². The minimum atomic E-state index is -4.10. The van der Waals surface area contributed by atoms with Gasteiger partial charge in [-0.15, -0.1) is 0 Å². The van der Waals surface area contributed by atoms with Crippen LogP contribution in [0.1, 0.15) is 19.8 Å². The highest BCUT2D eigenvalue weighted by molar-refractivity contribution is 7.89. The van der Waals surface area contributed by atoms with E-state index in [9.17, 15) is 23.4 Å². The average Bonchev–Trinajstić information content (AvgIpc) is 2.57. The number of hydrogen-bond donors (Lipinski definition) is 3. The fourth-order valence-corrected chi connectivity index (χ4v) is 4.60. The monoisotopic (exact) mass is 383 g/mol. The van der Waals surface area contributed by atoms with Gasteiger partial charge in [0.25, 0.3) is 0 Å². The highest BCUT2D eigenvalue weighted by atomic mass is 32.2. The second-order valence-corrected chi connectivity index (χ2v) is 7.98. The molecule has 3 N–H and O–H groups in total. The molecule has 1 heterocycles. The Morgan fingerprint density at radius 2 is 2.00 bits per heavy atom. The Bertz CT molecular complexity index is 806. The van der Waals surface area contributed by atoms with Crippen molar-refractivity contribution in [3.8, 4) is 17.6 Å². The summed E-state index contributed by atoms with van der Waals surface area (Å²) in [6.45, 7) is 1.12. The number of carboxylic acid groups (broad SMARTS) is 1. The summed E-state index contributed by atoms with van der Waals surface area (Å²) in [4.78, 5) is 11.5. The van der Waals surface area contributed by atoms with Crippen LogP contribution in [-0.2, 0) is 14.8 Å². The fourth-order valence-electron chi connectivity index (χ4n) is 2.89. The standard InChI is InChI=1S/C17H21NO7S/c1-17(22)9-4-10-18(15(17)16(20)21)26(23,24)14-7-5-13(6-8-14)25-12-3-2-11-19/h5-8,15,19,22H,4,9-12H2,1H3,(H,20,21). The maximum atomic E-state index is 12.9. The highest BCUT2D eigenvalue weighted by Gasteiger charge is 2.49. The molecule has 1 fully saturated rings. The van der Waals surface area contributed by atoms with Gasteiger partial charge in [-0.25, -0.2) is 8.42 Å². The lowest BCUT2D eigenvalue weighted by Crippen LogP contribution is -2.60. The molecule has 0 bridgehead atoms. The summed E-state index contributed by atoms with van der Waals surface area (Å²) in [6.07, 6.45) is 0.568. The topological polar surface area (TPSA) is 124 Å². The number of piperidine rings is 1. The molecule has 1 aromatic carbocycles. The quantitative estimate of drug-likeness (QED) is 0.614. The summed E-state index contributed by atoms with van der Waals surface area (Å²) in [7, 11) is -4.10. The van der Waals surface area contributed by atoms with Gasteiger partial charge in [-0.1, -0.05) is 11.8 Å². The summed E-state index contributed by atoms with van der Waals surface area (Å²) in [5.41, 5.74) is -1.65. The van der Waals surface area contributed by atoms with E-state index in [-0.39, 0.29) is 31.1 Å². The van der Waals surface area contributed by atoms with Crippen molar-refractivity contribution >= 4 is 16.0 Å². The molecular weight excluding hydrogens is 362 g/mol. The van der Waals surface area contributed by atoms with Crippen LogP contribution in [0.5, 0.6) is 5.75 Å². The molecule has 0 spiro atoms. The molecule has 2 atom stereocenters. The highest BCUT2D eigenvalue weighted by Crippen LogP contribution is 2.32. The molecule has 0 radical (unpaired) electrons. The molecule has 142 valence electrons. The Kier molecular flexibility index (Phi) is 6.26. The van der Waals surface area contributed by atoms with Crippen molar-refractivity contribution in [3.05, 3.63) is 24.3 Å². The van der Waals surface area contributed by atoms with E-state index >= 15 is 0 Å². The smallest absolute Gasteiger partial charge is 0.325 e. The third-order valence-electron chi connectivity index (χ3n) is 4.12. The van der Waals surface area contributed by atoms with Crippen LogP contribution >= 0.6 is 0 Å². The Morgan fingerprint density at radius 1 is 1.35 bits per heavy atom. The number of aliphatic hydroxyl groups excluding tert-OH is 1. The number of hydrogen-bond acceptors (Lipinski definition) is 6. The van der Waals surface area contributed by atoms with Crippen LogP contribution in [0, 0.1) is 11.8 Å². The van der Waals surface area contributed by atoms with E-state index < -0.39 is 27.6 Å². The molecule has 1 aliphatic heterocycles. The summed E-state index contributed by atoms with van der Waals surface area (Å²) in [6, 6.07) is 3.95. The predicted molar refractivity (Wildman–Crippen MR) is 92.0 cm³/mol. The van der Waals surface area contributed by atoms with E-state index in [0.717, 1.165) is 4.31 Å². The van der Waals surface area contributed by atoms with Gasteiger partial charge < -0.3 is 20.1 Å². The minimum absolute atomic E-state index is 0.0183. The number of benzene rings is 1. The fraction of sp³-hybridized carbons (Fsp3) is 0.471. The number of carboxylic acids is 1. The zero-order valence-corrected chi connectivity index (χ0v) is 15.1. The number of aliphatic carboxylic acids is 1. The van der Waals surface area contributed by atoms with Gasteiger partial charge in [0.05, 0.1) is 10.5 Å². The van der Waals surface area contributed by atoms with Gasteiger partial charge in [0.15, 0.2) is 6.04 Å². The molecular formula is C17H21NO7S. The predicted octanol–water partition coefficient (Wildman–Crippen LogP) is 0.0498. The zero-order valence-electron chi connectivity index (χ0n) is 14.3. The Hall–Kier alpha value is -2.12. The number of nitrogens with zero attached hydrogens (tertiary/aromatic N) is 1. The molecule has 8 nitrogen and oxygen atoms in total. The Morgan fingerprint density at radius 3 is 2.58 bits per heavy atom. The Labute approximate surface area is 152 Å². The lowest BCUT2D eigenvalue weighted by Gasteiger charge is -2.41. The molecule has 0 aliphatic carbocycles. The molecule has 1 saturated heterocycles. The minimum Gasteiger partial charge on any atom is -0.481 e. The van der Waals surface area contributed by atoms with Gasteiger partial charge in [-0.3, -0.25) is 4.79 Å². The van der Waals surface area contributed by atoms with E-state index in [0.29, 0.717) is 12.2 Å². The maximum Gasteiger partial charge on any atom is 0.325 e. The lowest BCUT2D eigenvalue weighted by atomic mass is 9.88. The number of sulfonamides is 1.